The van der Waals surface area contributed by atoms with Crippen molar-refractivity contribution in [3.8, 4) is 28.1 Å². The molecule has 0 aliphatic heterocycles. The van der Waals surface area contributed by atoms with E-state index in [2.05, 4.69) is 19.7 Å². The molecular formula is C26H18F2N4O2S. The van der Waals surface area contributed by atoms with Crippen molar-refractivity contribution in [2.45, 2.75) is 4.90 Å². The van der Waals surface area contributed by atoms with Crippen molar-refractivity contribution in [3.05, 3.63) is 97.1 Å². The highest BCUT2D eigenvalue weighted by Crippen LogP contribution is 2.37. The molecule has 0 amide bonds. The monoisotopic (exact) mass is 488 g/mol. The number of aromatic nitrogens is 3. The highest BCUT2D eigenvalue weighted by molar-refractivity contribution is 7.86. The molecule has 1 unspecified atom stereocenters. The van der Waals surface area contributed by atoms with Crippen LogP contribution in [-0.4, -0.2) is 26.3 Å². The number of nitrogens with one attached hydrogen (secondary N) is 1. The normalized spacial score (nSPS) is 11.9. The van der Waals surface area contributed by atoms with E-state index in [0.29, 0.717) is 33.3 Å². The second kappa shape index (κ2) is 9.55. The standard InChI is InChI=1S/C26H18F2N4O2S/c1-34-24-13-16(20-6-3-18(27)14-23(20)28)2-5-22(24)26-21-7-4-19(12-17(21)8-11-30-26)35(33)32-25-9-10-29-15-31-25/h2-15H,1H3,(H,29,31,32). The van der Waals surface area contributed by atoms with Crippen molar-refractivity contribution in [1.82, 2.24) is 15.0 Å². The van der Waals surface area contributed by atoms with Crippen LogP contribution < -0.4 is 9.46 Å². The Bertz CT molecular complexity index is 1560. The molecule has 1 atom stereocenters. The molecule has 2 heterocycles. The first kappa shape index (κ1) is 22.5. The maximum atomic E-state index is 14.3. The maximum absolute atomic E-state index is 14.3. The Labute approximate surface area is 202 Å². The number of rotatable bonds is 6. The van der Waals surface area contributed by atoms with Crippen LogP contribution in [0.5, 0.6) is 5.75 Å². The molecule has 0 bridgehead atoms. The van der Waals surface area contributed by atoms with Gasteiger partial charge in [0.05, 0.1) is 17.7 Å². The number of nitrogens with zero attached hydrogens (tertiary/aromatic N) is 3. The van der Waals surface area contributed by atoms with E-state index in [1.54, 1.807) is 42.7 Å². The number of anilines is 1. The summed E-state index contributed by atoms with van der Waals surface area (Å²) in [6.07, 6.45) is 4.60. The molecule has 0 fully saturated rings. The molecule has 6 nitrogen and oxygen atoms in total. The van der Waals surface area contributed by atoms with Crippen molar-refractivity contribution in [3.63, 3.8) is 0 Å². The minimum absolute atomic E-state index is 0.269. The molecule has 5 rings (SSSR count). The molecule has 3 aromatic carbocycles. The molecule has 9 heteroatoms. The topological polar surface area (TPSA) is 77.0 Å². The summed E-state index contributed by atoms with van der Waals surface area (Å²) in [6.45, 7) is 0. The number of hydrogen-bond donors (Lipinski definition) is 1. The Hall–Kier alpha value is -4.24. The van der Waals surface area contributed by atoms with Gasteiger partial charge < -0.3 is 4.74 Å². The van der Waals surface area contributed by atoms with Gasteiger partial charge in [-0.25, -0.2) is 23.0 Å². The van der Waals surface area contributed by atoms with Crippen LogP contribution in [0.3, 0.4) is 0 Å². The fourth-order valence-electron chi connectivity index (χ4n) is 3.77. The van der Waals surface area contributed by atoms with Gasteiger partial charge >= 0.3 is 0 Å². The molecule has 0 radical (unpaired) electrons. The molecule has 0 aliphatic carbocycles. The molecule has 0 spiro atoms. The Morgan fingerprint density at radius 2 is 1.74 bits per heavy atom. The maximum Gasteiger partial charge on any atom is 0.151 e. The van der Waals surface area contributed by atoms with Gasteiger partial charge in [-0.15, -0.1) is 0 Å². The summed E-state index contributed by atoms with van der Waals surface area (Å²) < 4.78 is 48.9. The number of methoxy groups -OCH3 is 1. The van der Waals surface area contributed by atoms with Crippen molar-refractivity contribution in [2.24, 2.45) is 0 Å². The Kier molecular flexibility index (Phi) is 6.15. The van der Waals surface area contributed by atoms with Gasteiger partial charge in [-0.05, 0) is 59.5 Å². The van der Waals surface area contributed by atoms with Crippen LogP contribution in [0, 0.1) is 11.6 Å². The smallest absolute Gasteiger partial charge is 0.151 e. The van der Waals surface area contributed by atoms with Gasteiger partial charge in [0.2, 0.25) is 0 Å². The first-order valence-electron chi connectivity index (χ1n) is 10.5. The molecule has 0 aliphatic rings. The Morgan fingerprint density at radius 1 is 0.886 bits per heavy atom. The second-order valence-electron chi connectivity index (χ2n) is 7.55. The number of fused-ring (bicyclic) bond motifs is 1. The van der Waals surface area contributed by atoms with E-state index in [-0.39, 0.29) is 5.56 Å². The highest BCUT2D eigenvalue weighted by Gasteiger charge is 2.15. The third kappa shape index (κ3) is 4.58. The van der Waals surface area contributed by atoms with Gasteiger partial charge in [-0.2, -0.15) is 0 Å². The van der Waals surface area contributed by atoms with Crippen LogP contribution in [0.1, 0.15) is 0 Å². The molecule has 174 valence electrons. The molecular weight excluding hydrogens is 470 g/mol. The summed E-state index contributed by atoms with van der Waals surface area (Å²) in [6, 6.07) is 17.6. The minimum Gasteiger partial charge on any atom is -0.496 e. The molecule has 2 aromatic heterocycles. The van der Waals surface area contributed by atoms with E-state index in [1.807, 2.05) is 18.2 Å². The van der Waals surface area contributed by atoms with Crippen molar-refractivity contribution < 1.29 is 17.7 Å². The number of hydrogen-bond acceptors (Lipinski definition) is 5. The molecule has 0 saturated carbocycles. The summed E-state index contributed by atoms with van der Waals surface area (Å²) in [5, 5.41) is 1.66. The van der Waals surface area contributed by atoms with E-state index in [0.717, 1.165) is 16.8 Å². The number of ether oxygens (including phenoxy) is 1. The van der Waals surface area contributed by atoms with Crippen molar-refractivity contribution in [1.29, 1.82) is 0 Å². The number of halogens is 2. The third-order valence-corrected chi connectivity index (χ3v) is 6.50. The summed E-state index contributed by atoms with van der Waals surface area (Å²) in [7, 11) is -0.000773. The molecule has 0 saturated heterocycles. The van der Waals surface area contributed by atoms with Crippen LogP contribution in [0.2, 0.25) is 0 Å². The lowest BCUT2D eigenvalue weighted by Gasteiger charge is -2.13. The van der Waals surface area contributed by atoms with Crippen LogP contribution in [0.4, 0.5) is 14.6 Å². The predicted octanol–water partition coefficient (Wildman–Crippen LogP) is 5.78. The van der Waals surface area contributed by atoms with Crippen molar-refractivity contribution in [2.75, 3.05) is 11.8 Å². The average molecular weight is 489 g/mol. The van der Waals surface area contributed by atoms with Crippen LogP contribution in [0.25, 0.3) is 33.2 Å². The average Bonchev–Trinajstić information content (AvgIpc) is 2.88. The number of pyridine rings is 1. The Morgan fingerprint density at radius 3 is 2.51 bits per heavy atom. The van der Waals surface area contributed by atoms with E-state index < -0.39 is 22.6 Å². The minimum atomic E-state index is -1.52. The van der Waals surface area contributed by atoms with Gasteiger partial charge in [0.1, 0.15) is 29.5 Å². The molecule has 1 N–H and O–H groups in total. The zero-order valence-electron chi connectivity index (χ0n) is 18.4. The molecule has 35 heavy (non-hydrogen) atoms. The second-order valence-corrected chi connectivity index (χ2v) is 8.76. The fraction of sp³-hybridized carbons (Fsp3) is 0.0385. The van der Waals surface area contributed by atoms with E-state index in [4.69, 9.17) is 4.74 Å². The lowest BCUT2D eigenvalue weighted by atomic mass is 9.98. The fourth-order valence-corrected chi connectivity index (χ4v) is 4.62. The van der Waals surface area contributed by atoms with Crippen molar-refractivity contribution >= 4 is 27.6 Å². The van der Waals surface area contributed by atoms with Gasteiger partial charge in [-0.3, -0.25) is 9.71 Å². The van der Waals surface area contributed by atoms with Gasteiger partial charge in [0.15, 0.2) is 11.0 Å². The molecule has 5 aromatic rings. The zero-order valence-corrected chi connectivity index (χ0v) is 19.2. The zero-order chi connectivity index (χ0) is 24.4. The van der Waals surface area contributed by atoms with E-state index in [9.17, 15) is 13.0 Å². The van der Waals surface area contributed by atoms with Crippen LogP contribution >= 0.6 is 0 Å². The number of benzene rings is 3. The van der Waals surface area contributed by atoms with Gasteiger partial charge in [0.25, 0.3) is 0 Å². The lowest BCUT2D eigenvalue weighted by Crippen LogP contribution is -2.06. The predicted molar refractivity (Wildman–Crippen MR) is 131 cm³/mol. The summed E-state index contributed by atoms with van der Waals surface area (Å²) in [5.41, 5.74) is 2.19. The highest BCUT2D eigenvalue weighted by atomic mass is 32.2. The first-order valence-corrected chi connectivity index (χ1v) is 11.7. The third-order valence-electron chi connectivity index (χ3n) is 5.43. The van der Waals surface area contributed by atoms with Crippen LogP contribution in [0.15, 0.2) is 90.3 Å². The largest absolute Gasteiger partial charge is 0.496 e. The summed E-state index contributed by atoms with van der Waals surface area (Å²) in [4.78, 5) is 13.0. The Balaban J connectivity index is 1.52. The van der Waals surface area contributed by atoms with Gasteiger partial charge in [0, 0.05) is 35.0 Å². The SMILES string of the molecule is COc1cc(-c2ccc(F)cc2F)ccc1-c1nccc2cc(S(=O)Nc3ccncn3)ccc12. The summed E-state index contributed by atoms with van der Waals surface area (Å²) >= 11 is 0. The van der Waals surface area contributed by atoms with Gasteiger partial charge in [-0.1, -0.05) is 12.1 Å². The first-order chi connectivity index (χ1) is 17.0. The van der Waals surface area contributed by atoms with E-state index in [1.165, 1.54) is 25.6 Å². The van der Waals surface area contributed by atoms with E-state index >= 15 is 0 Å². The summed E-state index contributed by atoms with van der Waals surface area (Å²) in [5.74, 6) is -0.345. The quantitative estimate of drug-likeness (QED) is 0.328. The lowest BCUT2D eigenvalue weighted by molar-refractivity contribution is 0.416. The van der Waals surface area contributed by atoms with Crippen LogP contribution in [-0.2, 0) is 11.0 Å².